The standard InChI is InChI=1S/C17H24N2O3/c1-16(2,3)22-15(20)19-9-12-8-17(12,10-19)11-5-6-13(18)14(7-11)21-4/h5-7,12H,8-10,18H2,1-4H3/t12-,17?/m1/s1. The highest BCUT2D eigenvalue weighted by Gasteiger charge is 2.62. The smallest absolute Gasteiger partial charge is 0.410 e. The van der Waals surface area contributed by atoms with Gasteiger partial charge in [0.25, 0.3) is 0 Å². The Labute approximate surface area is 131 Å². The van der Waals surface area contributed by atoms with Crippen LogP contribution in [0.4, 0.5) is 10.5 Å². The fourth-order valence-corrected chi connectivity index (χ4v) is 3.42. The van der Waals surface area contributed by atoms with Crippen molar-refractivity contribution in [3.63, 3.8) is 0 Å². The summed E-state index contributed by atoms with van der Waals surface area (Å²) in [6.07, 6.45) is 0.890. The Morgan fingerprint density at radius 1 is 1.41 bits per heavy atom. The third kappa shape index (κ3) is 2.49. The second-order valence-corrected chi connectivity index (χ2v) is 7.37. The number of nitrogens with two attached hydrogens (primary N) is 1. The quantitative estimate of drug-likeness (QED) is 0.853. The number of fused-ring (bicyclic) bond motifs is 1. The van der Waals surface area contributed by atoms with Gasteiger partial charge in [0.2, 0.25) is 0 Å². The Hall–Kier alpha value is -1.91. The first-order valence-corrected chi connectivity index (χ1v) is 7.67. The Bertz CT molecular complexity index is 608. The number of hydrogen-bond acceptors (Lipinski definition) is 4. The lowest BCUT2D eigenvalue weighted by Gasteiger charge is -2.26. The summed E-state index contributed by atoms with van der Waals surface area (Å²) in [5.74, 6) is 1.21. The fourth-order valence-electron chi connectivity index (χ4n) is 3.42. The number of piperidine rings is 1. The normalized spacial score (nSPS) is 26.5. The van der Waals surface area contributed by atoms with Crippen molar-refractivity contribution < 1.29 is 14.3 Å². The van der Waals surface area contributed by atoms with Crippen LogP contribution in [-0.4, -0.2) is 36.8 Å². The minimum Gasteiger partial charge on any atom is -0.495 e. The van der Waals surface area contributed by atoms with Crippen LogP contribution in [0, 0.1) is 5.92 Å². The number of carbonyl (C=O) groups is 1. The maximum Gasteiger partial charge on any atom is 0.410 e. The van der Waals surface area contributed by atoms with Crippen molar-refractivity contribution in [1.82, 2.24) is 4.90 Å². The first-order valence-electron chi connectivity index (χ1n) is 7.67. The van der Waals surface area contributed by atoms with Gasteiger partial charge in [0, 0.05) is 18.5 Å². The number of carbonyl (C=O) groups excluding carboxylic acids is 1. The molecule has 1 heterocycles. The summed E-state index contributed by atoms with van der Waals surface area (Å²) in [6, 6.07) is 5.94. The lowest BCUT2D eigenvalue weighted by Crippen LogP contribution is -2.37. The number of amides is 1. The van der Waals surface area contributed by atoms with Crippen LogP contribution < -0.4 is 10.5 Å². The van der Waals surface area contributed by atoms with Crippen LogP contribution in [0.5, 0.6) is 5.75 Å². The van der Waals surface area contributed by atoms with Gasteiger partial charge in [-0.25, -0.2) is 4.79 Å². The van der Waals surface area contributed by atoms with Crippen LogP contribution in [0.15, 0.2) is 18.2 Å². The minimum atomic E-state index is -0.457. The molecule has 1 amide bonds. The molecule has 120 valence electrons. The zero-order valence-electron chi connectivity index (χ0n) is 13.7. The van der Waals surface area contributed by atoms with Crippen LogP contribution in [0.1, 0.15) is 32.8 Å². The lowest BCUT2D eigenvalue weighted by molar-refractivity contribution is 0.0270. The molecule has 1 saturated heterocycles. The van der Waals surface area contributed by atoms with Gasteiger partial charge in [0.1, 0.15) is 11.4 Å². The predicted octanol–water partition coefficient (Wildman–Crippen LogP) is 2.79. The third-order valence-electron chi connectivity index (χ3n) is 4.61. The van der Waals surface area contributed by atoms with E-state index in [9.17, 15) is 4.79 Å². The first-order chi connectivity index (χ1) is 10.2. The van der Waals surface area contributed by atoms with E-state index in [-0.39, 0.29) is 11.5 Å². The zero-order valence-corrected chi connectivity index (χ0v) is 13.7. The third-order valence-corrected chi connectivity index (χ3v) is 4.61. The van der Waals surface area contributed by atoms with Crippen molar-refractivity contribution in [2.24, 2.45) is 5.92 Å². The average Bonchev–Trinajstić information content (AvgIpc) is 2.99. The number of benzene rings is 1. The van der Waals surface area contributed by atoms with Crippen LogP contribution in [0.3, 0.4) is 0 Å². The number of hydrogen-bond donors (Lipinski definition) is 1. The van der Waals surface area contributed by atoms with E-state index < -0.39 is 5.60 Å². The summed E-state index contributed by atoms with van der Waals surface area (Å²) in [6.45, 7) is 7.15. The largest absolute Gasteiger partial charge is 0.495 e. The summed E-state index contributed by atoms with van der Waals surface area (Å²) < 4.78 is 10.8. The molecule has 0 radical (unpaired) electrons. The van der Waals surface area contributed by atoms with E-state index in [0.29, 0.717) is 23.9 Å². The summed E-state index contributed by atoms with van der Waals surface area (Å²) in [4.78, 5) is 14.1. The van der Waals surface area contributed by atoms with Crippen LogP contribution >= 0.6 is 0 Å². The number of anilines is 1. The molecule has 5 heteroatoms. The van der Waals surface area contributed by atoms with E-state index in [1.165, 1.54) is 5.56 Å². The molecule has 0 bridgehead atoms. The van der Waals surface area contributed by atoms with Gasteiger partial charge in [-0.1, -0.05) is 6.07 Å². The molecule has 0 spiro atoms. The van der Waals surface area contributed by atoms with E-state index >= 15 is 0 Å². The molecule has 1 aliphatic carbocycles. The van der Waals surface area contributed by atoms with Gasteiger partial charge in [-0.3, -0.25) is 0 Å². The maximum absolute atomic E-state index is 12.2. The summed E-state index contributed by atoms with van der Waals surface area (Å²) in [7, 11) is 1.62. The highest BCUT2D eigenvalue weighted by Crippen LogP contribution is 2.59. The van der Waals surface area contributed by atoms with Gasteiger partial charge in [0.15, 0.2) is 0 Å². The molecule has 2 N–H and O–H groups in total. The Morgan fingerprint density at radius 2 is 2.14 bits per heavy atom. The number of nitrogen functional groups attached to an aromatic ring is 1. The Balaban J connectivity index is 1.76. The van der Waals surface area contributed by atoms with Crippen LogP contribution in [0.25, 0.3) is 0 Å². The SMILES string of the molecule is COc1cc(C23C[C@@H]2CN(C(=O)OC(C)(C)C)C3)ccc1N. The molecule has 2 aliphatic rings. The summed E-state index contributed by atoms with van der Waals surface area (Å²) in [5, 5.41) is 0. The van der Waals surface area contributed by atoms with Crippen molar-refractivity contribution in [2.75, 3.05) is 25.9 Å². The van der Waals surface area contributed by atoms with Crippen molar-refractivity contribution >= 4 is 11.8 Å². The monoisotopic (exact) mass is 304 g/mol. The Morgan fingerprint density at radius 3 is 2.77 bits per heavy atom. The van der Waals surface area contributed by atoms with E-state index in [1.807, 2.05) is 37.8 Å². The van der Waals surface area contributed by atoms with E-state index in [2.05, 4.69) is 6.07 Å². The van der Waals surface area contributed by atoms with Crippen LogP contribution in [-0.2, 0) is 10.2 Å². The average molecular weight is 304 g/mol. The second-order valence-electron chi connectivity index (χ2n) is 7.37. The van der Waals surface area contributed by atoms with Crippen molar-refractivity contribution in [3.8, 4) is 5.75 Å². The predicted molar refractivity (Wildman–Crippen MR) is 85.0 cm³/mol. The molecule has 2 fully saturated rings. The van der Waals surface area contributed by atoms with Crippen molar-refractivity contribution in [2.45, 2.75) is 38.2 Å². The molecule has 1 aromatic carbocycles. The van der Waals surface area contributed by atoms with Crippen molar-refractivity contribution in [1.29, 1.82) is 0 Å². The summed E-state index contributed by atoms with van der Waals surface area (Å²) >= 11 is 0. The lowest BCUT2D eigenvalue weighted by atomic mass is 9.94. The molecule has 2 atom stereocenters. The maximum atomic E-state index is 12.2. The van der Waals surface area contributed by atoms with Gasteiger partial charge in [-0.05, 0) is 50.8 Å². The van der Waals surface area contributed by atoms with Gasteiger partial charge in [0.05, 0.1) is 12.8 Å². The van der Waals surface area contributed by atoms with E-state index in [4.69, 9.17) is 15.2 Å². The van der Waals surface area contributed by atoms with Crippen LogP contribution in [0.2, 0.25) is 0 Å². The topological polar surface area (TPSA) is 64.8 Å². The molecule has 1 unspecified atom stereocenters. The van der Waals surface area contributed by atoms with E-state index in [1.54, 1.807) is 7.11 Å². The number of rotatable bonds is 2. The summed E-state index contributed by atoms with van der Waals surface area (Å²) in [5.41, 5.74) is 7.33. The highest BCUT2D eigenvalue weighted by atomic mass is 16.6. The molecule has 1 saturated carbocycles. The number of likely N-dealkylation sites (tertiary alicyclic amines) is 1. The number of methoxy groups -OCH3 is 1. The minimum absolute atomic E-state index is 0.0535. The van der Waals surface area contributed by atoms with E-state index in [0.717, 1.165) is 13.0 Å². The molecular formula is C17H24N2O3. The molecule has 0 aromatic heterocycles. The first kappa shape index (κ1) is 15.0. The number of nitrogens with zero attached hydrogens (tertiary/aromatic N) is 1. The fraction of sp³-hybridized carbons (Fsp3) is 0.588. The molecule has 3 rings (SSSR count). The van der Waals surface area contributed by atoms with Crippen molar-refractivity contribution in [3.05, 3.63) is 23.8 Å². The zero-order chi connectivity index (χ0) is 16.1. The molecule has 5 nitrogen and oxygen atoms in total. The number of ether oxygens (including phenoxy) is 2. The molecule has 1 aromatic rings. The van der Waals surface area contributed by atoms with Gasteiger partial charge >= 0.3 is 6.09 Å². The van der Waals surface area contributed by atoms with Gasteiger partial charge in [-0.15, -0.1) is 0 Å². The van der Waals surface area contributed by atoms with Gasteiger partial charge < -0.3 is 20.1 Å². The Kier molecular flexibility index (Phi) is 3.27. The molecular weight excluding hydrogens is 280 g/mol. The molecule has 22 heavy (non-hydrogen) atoms. The highest BCUT2D eigenvalue weighted by molar-refractivity contribution is 5.70. The molecule has 1 aliphatic heterocycles. The van der Waals surface area contributed by atoms with Gasteiger partial charge in [-0.2, -0.15) is 0 Å². The second kappa shape index (κ2) is 4.80.